The largest absolute Gasteiger partial charge is 0.465 e. The molecule has 0 N–H and O–H groups in total. The van der Waals surface area contributed by atoms with Crippen LogP contribution in [0.2, 0.25) is 0 Å². The number of hydrogen-bond acceptors (Lipinski definition) is 2. The van der Waals surface area contributed by atoms with E-state index in [9.17, 15) is 4.79 Å². The number of carbonyl (C=O) groups excluding carboxylic acids is 1. The van der Waals surface area contributed by atoms with Gasteiger partial charge in [0.05, 0.1) is 12.0 Å². The molecule has 2 heteroatoms. The monoisotopic (exact) mass is 410 g/mol. The zero-order valence-corrected chi connectivity index (χ0v) is 20.8. The molecule has 29 heavy (non-hydrogen) atoms. The molecule has 0 atom stereocenters. The first-order valence-electron chi connectivity index (χ1n) is 13.0. The first-order valence-corrected chi connectivity index (χ1v) is 13.0. The van der Waals surface area contributed by atoms with Crippen molar-refractivity contribution in [2.45, 2.75) is 150 Å². The maximum absolute atomic E-state index is 11.6. The molecular formula is C27H54O2. The van der Waals surface area contributed by atoms with E-state index < -0.39 is 0 Å². The van der Waals surface area contributed by atoms with Crippen LogP contribution in [0.4, 0.5) is 0 Å². The minimum atomic E-state index is -0.368. The molecule has 0 aliphatic rings. The van der Waals surface area contributed by atoms with E-state index in [0.717, 1.165) is 12.3 Å². The van der Waals surface area contributed by atoms with Gasteiger partial charge in [-0.3, -0.25) is 4.79 Å². The van der Waals surface area contributed by atoms with Crippen LogP contribution in [0.1, 0.15) is 150 Å². The van der Waals surface area contributed by atoms with Gasteiger partial charge >= 0.3 is 5.97 Å². The molecule has 0 rings (SSSR count). The Labute approximate surface area is 184 Å². The third-order valence-electron chi connectivity index (χ3n) is 5.77. The number of ether oxygens (including phenoxy) is 1. The second-order valence-electron chi connectivity index (χ2n) is 10.6. The minimum absolute atomic E-state index is 0.0744. The van der Waals surface area contributed by atoms with Crippen LogP contribution in [0, 0.1) is 11.3 Å². The highest BCUT2D eigenvalue weighted by atomic mass is 16.5. The summed E-state index contributed by atoms with van der Waals surface area (Å²) in [6.07, 6.45) is 24.9. The molecule has 0 spiro atoms. The van der Waals surface area contributed by atoms with Crippen LogP contribution in [0.15, 0.2) is 0 Å². The molecule has 0 saturated carbocycles. The maximum Gasteiger partial charge on any atom is 0.311 e. The molecule has 0 aromatic carbocycles. The Balaban J connectivity index is 3.11. The van der Waals surface area contributed by atoms with Crippen molar-refractivity contribution >= 4 is 5.97 Å². The Morgan fingerprint density at radius 3 is 1.21 bits per heavy atom. The molecule has 2 nitrogen and oxygen atoms in total. The zero-order valence-electron chi connectivity index (χ0n) is 20.8. The van der Waals surface area contributed by atoms with Crippen molar-refractivity contribution in [1.29, 1.82) is 0 Å². The van der Waals surface area contributed by atoms with E-state index in [1.54, 1.807) is 0 Å². The van der Waals surface area contributed by atoms with E-state index in [2.05, 4.69) is 13.8 Å². The Kier molecular flexibility index (Phi) is 19.1. The molecule has 174 valence electrons. The molecule has 0 aromatic rings. The lowest BCUT2D eigenvalue weighted by molar-refractivity contribution is -0.153. The number of carbonyl (C=O) groups is 1. The molecule has 0 bridgehead atoms. The number of hydrogen-bond donors (Lipinski definition) is 0. The van der Waals surface area contributed by atoms with E-state index in [1.807, 2.05) is 20.8 Å². The fourth-order valence-corrected chi connectivity index (χ4v) is 3.69. The van der Waals surface area contributed by atoms with E-state index in [1.165, 1.54) is 109 Å². The molecule has 0 aromatic heterocycles. The second-order valence-corrected chi connectivity index (χ2v) is 10.6. The topological polar surface area (TPSA) is 26.3 Å². The molecule has 0 heterocycles. The van der Waals surface area contributed by atoms with Crippen LogP contribution >= 0.6 is 0 Å². The van der Waals surface area contributed by atoms with Gasteiger partial charge in [0.15, 0.2) is 0 Å². The quantitative estimate of drug-likeness (QED) is 0.148. The number of esters is 1. The molecule has 0 fully saturated rings. The second kappa shape index (κ2) is 19.4. The van der Waals surface area contributed by atoms with Crippen LogP contribution in [-0.2, 0) is 9.53 Å². The molecule has 0 amide bonds. The van der Waals surface area contributed by atoms with Crippen molar-refractivity contribution < 1.29 is 9.53 Å². The zero-order chi connectivity index (χ0) is 21.8. The average molecular weight is 411 g/mol. The van der Waals surface area contributed by atoms with Gasteiger partial charge in [-0.15, -0.1) is 0 Å². The Morgan fingerprint density at radius 1 is 0.586 bits per heavy atom. The lowest BCUT2D eigenvalue weighted by Gasteiger charge is -2.16. The Hall–Kier alpha value is -0.530. The minimum Gasteiger partial charge on any atom is -0.465 e. The highest BCUT2D eigenvalue weighted by molar-refractivity contribution is 5.75. The van der Waals surface area contributed by atoms with Crippen molar-refractivity contribution in [3.05, 3.63) is 0 Å². The van der Waals surface area contributed by atoms with Gasteiger partial charge in [0.25, 0.3) is 0 Å². The summed E-state index contributed by atoms with van der Waals surface area (Å²) >= 11 is 0. The van der Waals surface area contributed by atoms with Gasteiger partial charge in [-0.1, -0.05) is 123 Å². The predicted octanol–water partition coefficient (Wildman–Crippen LogP) is 9.25. The average Bonchev–Trinajstić information content (AvgIpc) is 2.65. The summed E-state index contributed by atoms with van der Waals surface area (Å²) in [5.41, 5.74) is -0.368. The van der Waals surface area contributed by atoms with Crippen molar-refractivity contribution in [3.8, 4) is 0 Å². The van der Waals surface area contributed by atoms with Gasteiger partial charge in [0, 0.05) is 0 Å². The molecule has 0 unspecified atom stereocenters. The summed E-state index contributed by atoms with van der Waals surface area (Å²) in [6, 6.07) is 0. The van der Waals surface area contributed by atoms with Gasteiger partial charge in [0.2, 0.25) is 0 Å². The van der Waals surface area contributed by atoms with Crippen molar-refractivity contribution in [1.82, 2.24) is 0 Å². The summed E-state index contributed by atoms with van der Waals surface area (Å²) in [6.45, 7) is 11.0. The van der Waals surface area contributed by atoms with E-state index in [4.69, 9.17) is 4.74 Å². The summed E-state index contributed by atoms with van der Waals surface area (Å²) in [5, 5.41) is 0. The van der Waals surface area contributed by atoms with Crippen molar-refractivity contribution in [2.75, 3.05) is 6.61 Å². The Morgan fingerprint density at radius 2 is 0.897 bits per heavy atom. The predicted molar refractivity (Wildman–Crippen MR) is 128 cm³/mol. The van der Waals surface area contributed by atoms with Gasteiger partial charge in [-0.25, -0.2) is 0 Å². The molecule has 0 saturated heterocycles. The SMILES string of the molecule is CC(C)CCCCCCCCCCCCCCCCCCCOC(=O)C(C)(C)C. The highest BCUT2D eigenvalue weighted by Crippen LogP contribution is 2.17. The summed E-state index contributed by atoms with van der Waals surface area (Å²) in [4.78, 5) is 11.6. The van der Waals surface area contributed by atoms with Gasteiger partial charge in [0.1, 0.15) is 0 Å². The van der Waals surface area contributed by atoms with Crippen LogP contribution < -0.4 is 0 Å². The Bertz CT molecular complexity index is 354. The smallest absolute Gasteiger partial charge is 0.311 e. The van der Waals surface area contributed by atoms with Crippen molar-refractivity contribution in [2.24, 2.45) is 11.3 Å². The maximum atomic E-state index is 11.6. The molecular weight excluding hydrogens is 356 g/mol. The van der Waals surface area contributed by atoms with Crippen molar-refractivity contribution in [3.63, 3.8) is 0 Å². The van der Waals surface area contributed by atoms with E-state index in [0.29, 0.717) is 6.61 Å². The lowest BCUT2D eigenvalue weighted by atomic mass is 9.97. The van der Waals surface area contributed by atoms with E-state index >= 15 is 0 Å². The fourth-order valence-electron chi connectivity index (χ4n) is 3.69. The fraction of sp³-hybridized carbons (Fsp3) is 0.963. The van der Waals surface area contributed by atoms with Crippen LogP contribution in [0.5, 0.6) is 0 Å². The van der Waals surface area contributed by atoms with Crippen LogP contribution in [-0.4, -0.2) is 12.6 Å². The summed E-state index contributed by atoms with van der Waals surface area (Å²) in [7, 11) is 0. The third-order valence-corrected chi connectivity index (χ3v) is 5.77. The van der Waals surface area contributed by atoms with E-state index in [-0.39, 0.29) is 11.4 Å². The van der Waals surface area contributed by atoms with Gasteiger partial charge in [-0.05, 0) is 33.1 Å². The summed E-state index contributed by atoms with van der Waals surface area (Å²) < 4.78 is 5.30. The highest BCUT2D eigenvalue weighted by Gasteiger charge is 2.22. The standard InChI is InChI=1S/C27H54O2/c1-25(2)23-21-19-17-15-13-11-9-7-6-8-10-12-14-16-18-20-22-24-29-26(28)27(3,4)5/h25H,6-24H2,1-5H3. The summed E-state index contributed by atoms with van der Waals surface area (Å²) in [5.74, 6) is 0.807. The van der Waals surface area contributed by atoms with Gasteiger partial charge < -0.3 is 4.74 Å². The normalized spacial score (nSPS) is 11.9. The van der Waals surface area contributed by atoms with Gasteiger partial charge in [-0.2, -0.15) is 0 Å². The molecule has 0 aliphatic heterocycles. The number of unbranched alkanes of at least 4 members (excludes halogenated alkanes) is 16. The number of rotatable bonds is 20. The first-order chi connectivity index (χ1) is 13.8. The van der Waals surface area contributed by atoms with Crippen LogP contribution in [0.25, 0.3) is 0 Å². The lowest BCUT2D eigenvalue weighted by Crippen LogP contribution is -2.23. The third kappa shape index (κ3) is 22.0. The molecule has 0 radical (unpaired) electrons. The molecule has 0 aliphatic carbocycles. The first kappa shape index (κ1) is 28.5. The van der Waals surface area contributed by atoms with Crippen LogP contribution in [0.3, 0.4) is 0 Å².